The zero-order chi connectivity index (χ0) is 11.8. The van der Waals surface area contributed by atoms with Gasteiger partial charge in [0.05, 0.1) is 0 Å². The highest BCUT2D eigenvalue weighted by atomic mass is 16.5. The van der Waals surface area contributed by atoms with E-state index in [1.54, 1.807) is 0 Å². The van der Waals surface area contributed by atoms with Crippen LogP contribution >= 0.6 is 0 Å². The summed E-state index contributed by atoms with van der Waals surface area (Å²) in [4.78, 5) is 0. The first-order chi connectivity index (χ1) is 7.74. The smallest absolute Gasteiger partial charge is 0.0497 e. The minimum absolute atomic E-state index is 0.760. The van der Waals surface area contributed by atoms with Crippen LogP contribution in [0.3, 0.4) is 0 Å². The Balaban J connectivity index is 2.13. The molecule has 0 aromatic carbocycles. The number of nitrogens with one attached hydrogen (secondary N) is 1. The minimum Gasteiger partial charge on any atom is -0.381 e. The van der Waals surface area contributed by atoms with Crippen molar-refractivity contribution in [3.63, 3.8) is 0 Å². The monoisotopic (exact) mass is 227 g/mol. The zero-order valence-electron chi connectivity index (χ0n) is 11.3. The van der Waals surface area contributed by atoms with Gasteiger partial charge in [-0.15, -0.1) is 0 Å². The summed E-state index contributed by atoms with van der Waals surface area (Å²) in [6, 6.07) is 0. The van der Waals surface area contributed by atoms with E-state index in [9.17, 15) is 0 Å². The molecule has 16 heavy (non-hydrogen) atoms. The van der Waals surface area contributed by atoms with Gasteiger partial charge in [-0.05, 0) is 50.1 Å². The normalized spacial score (nSPS) is 25.5. The third-order valence-electron chi connectivity index (χ3n) is 3.46. The zero-order valence-corrected chi connectivity index (χ0v) is 11.3. The van der Waals surface area contributed by atoms with E-state index in [1.807, 2.05) is 0 Å². The fourth-order valence-corrected chi connectivity index (χ4v) is 2.54. The van der Waals surface area contributed by atoms with Gasteiger partial charge in [-0.2, -0.15) is 0 Å². The molecule has 1 N–H and O–H groups in total. The third kappa shape index (κ3) is 5.31. The molecule has 0 amide bonds. The standard InChI is InChI=1S/C14H29NO/c1-4-8-16-11-14-7-5-6-13(14)10-15-9-12(2)3/h12-15H,4-11H2,1-3H3. The first-order valence-corrected chi connectivity index (χ1v) is 7.02. The highest BCUT2D eigenvalue weighted by Gasteiger charge is 2.26. The predicted molar refractivity (Wildman–Crippen MR) is 69.6 cm³/mol. The van der Waals surface area contributed by atoms with Crippen molar-refractivity contribution in [2.45, 2.75) is 46.5 Å². The van der Waals surface area contributed by atoms with Crippen molar-refractivity contribution in [1.82, 2.24) is 5.32 Å². The van der Waals surface area contributed by atoms with Gasteiger partial charge in [-0.1, -0.05) is 27.2 Å². The fraction of sp³-hybridized carbons (Fsp3) is 1.00. The van der Waals surface area contributed by atoms with E-state index >= 15 is 0 Å². The quantitative estimate of drug-likeness (QED) is 0.643. The second-order valence-corrected chi connectivity index (χ2v) is 5.58. The first-order valence-electron chi connectivity index (χ1n) is 7.02. The Labute approximate surface area is 101 Å². The van der Waals surface area contributed by atoms with Crippen molar-refractivity contribution >= 4 is 0 Å². The van der Waals surface area contributed by atoms with Crippen LogP contribution in [-0.4, -0.2) is 26.3 Å². The largest absolute Gasteiger partial charge is 0.381 e. The van der Waals surface area contributed by atoms with Gasteiger partial charge in [0.25, 0.3) is 0 Å². The van der Waals surface area contributed by atoms with E-state index in [0.29, 0.717) is 0 Å². The van der Waals surface area contributed by atoms with Crippen molar-refractivity contribution in [2.24, 2.45) is 17.8 Å². The topological polar surface area (TPSA) is 21.3 Å². The van der Waals surface area contributed by atoms with Crippen LogP contribution in [0.25, 0.3) is 0 Å². The van der Waals surface area contributed by atoms with Crippen molar-refractivity contribution in [3.8, 4) is 0 Å². The molecule has 2 heteroatoms. The summed E-state index contributed by atoms with van der Waals surface area (Å²) in [5.41, 5.74) is 0. The Bertz CT molecular complexity index is 170. The molecule has 0 aliphatic heterocycles. The molecule has 1 aliphatic rings. The van der Waals surface area contributed by atoms with Gasteiger partial charge in [-0.25, -0.2) is 0 Å². The summed E-state index contributed by atoms with van der Waals surface area (Å²) in [5, 5.41) is 3.59. The summed E-state index contributed by atoms with van der Waals surface area (Å²) in [6.07, 6.45) is 5.31. The lowest BCUT2D eigenvalue weighted by molar-refractivity contribution is 0.0858. The molecule has 1 aliphatic carbocycles. The lowest BCUT2D eigenvalue weighted by atomic mass is 9.97. The van der Waals surface area contributed by atoms with Crippen molar-refractivity contribution in [2.75, 3.05) is 26.3 Å². The molecule has 0 spiro atoms. The van der Waals surface area contributed by atoms with Crippen molar-refractivity contribution in [3.05, 3.63) is 0 Å². The second-order valence-electron chi connectivity index (χ2n) is 5.58. The van der Waals surface area contributed by atoms with E-state index in [4.69, 9.17) is 4.74 Å². The molecule has 0 aromatic rings. The van der Waals surface area contributed by atoms with Gasteiger partial charge in [0, 0.05) is 13.2 Å². The molecule has 2 atom stereocenters. The van der Waals surface area contributed by atoms with Crippen molar-refractivity contribution in [1.29, 1.82) is 0 Å². The van der Waals surface area contributed by atoms with E-state index < -0.39 is 0 Å². The number of ether oxygens (including phenoxy) is 1. The second kappa shape index (κ2) is 8.08. The summed E-state index contributed by atoms with van der Waals surface area (Å²) in [5.74, 6) is 2.43. The lowest BCUT2D eigenvalue weighted by Gasteiger charge is -2.20. The Kier molecular flexibility index (Phi) is 7.06. The van der Waals surface area contributed by atoms with Gasteiger partial charge in [0.2, 0.25) is 0 Å². The molecule has 2 unspecified atom stereocenters. The van der Waals surface area contributed by atoms with E-state index in [1.165, 1.54) is 25.8 Å². The van der Waals surface area contributed by atoms with Crippen LogP contribution in [0, 0.1) is 17.8 Å². The first kappa shape index (κ1) is 14.0. The SMILES string of the molecule is CCCOCC1CCCC1CNCC(C)C. The Morgan fingerprint density at radius 2 is 2.00 bits per heavy atom. The third-order valence-corrected chi connectivity index (χ3v) is 3.46. The van der Waals surface area contributed by atoms with Gasteiger partial charge < -0.3 is 10.1 Å². The Morgan fingerprint density at radius 3 is 2.69 bits per heavy atom. The summed E-state index contributed by atoms with van der Waals surface area (Å²) in [6.45, 7) is 11.0. The van der Waals surface area contributed by atoms with Crippen LogP contribution < -0.4 is 5.32 Å². The summed E-state index contributed by atoms with van der Waals surface area (Å²) >= 11 is 0. The molecular weight excluding hydrogens is 198 g/mol. The molecule has 96 valence electrons. The molecular formula is C14H29NO. The Hall–Kier alpha value is -0.0800. The molecule has 1 rings (SSSR count). The molecule has 0 heterocycles. The average molecular weight is 227 g/mol. The predicted octanol–water partition coefficient (Wildman–Crippen LogP) is 3.07. The van der Waals surface area contributed by atoms with Crippen LogP contribution in [0.5, 0.6) is 0 Å². The van der Waals surface area contributed by atoms with Crippen LogP contribution in [0.1, 0.15) is 46.5 Å². The van der Waals surface area contributed by atoms with Gasteiger partial charge in [0.1, 0.15) is 0 Å². The Morgan fingerprint density at radius 1 is 1.25 bits per heavy atom. The minimum atomic E-state index is 0.760. The molecule has 0 bridgehead atoms. The van der Waals surface area contributed by atoms with Crippen LogP contribution in [0.4, 0.5) is 0 Å². The van der Waals surface area contributed by atoms with Gasteiger partial charge in [-0.3, -0.25) is 0 Å². The van der Waals surface area contributed by atoms with Crippen LogP contribution in [0.2, 0.25) is 0 Å². The maximum absolute atomic E-state index is 5.70. The molecule has 1 fully saturated rings. The van der Waals surface area contributed by atoms with Crippen LogP contribution in [0.15, 0.2) is 0 Å². The number of rotatable bonds is 8. The summed E-state index contributed by atoms with van der Waals surface area (Å²) < 4.78 is 5.70. The average Bonchev–Trinajstić information content (AvgIpc) is 2.66. The molecule has 1 saturated carbocycles. The fourth-order valence-electron chi connectivity index (χ4n) is 2.54. The number of hydrogen-bond donors (Lipinski definition) is 1. The highest BCUT2D eigenvalue weighted by molar-refractivity contribution is 4.79. The van der Waals surface area contributed by atoms with Crippen LogP contribution in [-0.2, 0) is 4.74 Å². The van der Waals surface area contributed by atoms with E-state index in [2.05, 4.69) is 26.1 Å². The van der Waals surface area contributed by atoms with E-state index in [-0.39, 0.29) is 0 Å². The number of hydrogen-bond acceptors (Lipinski definition) is 2. The van der Waals surface area contributed by atoms with Gasteiger partial charge in [0.15, 0.2) is 0 Å². The molecule has 0 radical (unpaired) electrons. The molecule has 0 saturated heterocycles. The highest BCUT2D eigenvalue weighted by Crippen LogP contribution is 2.31. The maximum Gasteiger partial charge on any atom is 0.0497 e. The maximum atomic E-state index is 5.70. The lowest BCUT2D eigenvalue weighted by Crippen LogP contribution is -2.29. The van der Waals surface area contributed by atoms with E-state index in [0.717, 1.165) is 43.9 Å². The summed E-state index contributed by atoms with van der Waals surface area (Å²) in [7, 11) is 0. The van der Waals surface area contributed by atoms with Gasteiger partial charge >= 0.3 is 0 Å². The molecule has 0 aromatic heterocycles. The molecule has 2 nitrogen and oxygen atoms in total. The van der Waals surface area contributed by atoms with Crippen molar-refractivity contribution < 1.29 is 4.74 Å².